The fraction of sp³-hybridized carbons (Fsp3) is 0.538. The van der Waals surface area contributed by atoms with Crippen molar-refractivity contribution in [2.75, 3.05) is 13.2 Å². The van der Waals surface area contributed by atoms with Gasteiger partial charge in [0.05, 0.1) is 10.1 Å². The first-order chi connectivity index (χ1) is 8.11. The fourth-order valence-electron chi connectivity index (χ4n) is 2.12. The molecule has 1 N–H and O–H groups in total. The Labute approximate surface area is 110 Å². The third-order valence-corrected chi connectivity index (χ3v) is 4.03. The van der Waals surface area contributed by atoms with E-state index in [0.717, 1.165) is 31.6 Å². The van der Waals surface area contributed by atoms with Crippen molar-refractivity contribution in [3.63, 3.8) is 0 Å². The molecule has 1 atom stereocenters. The van der Waals surface area contributed by atoms with Crippen LogP contribution < -0.4 is 5.32 Å². The third-order valence-electron chi connectivity index (χ3n) is 3.15. The molecule has 1 aromatic rings. The maximum Gasteiger partial charge on any atom is 0.137 e. The first kappa shape index (κ1) is 13.0. The molecule has 2 nitrogen and oxygen atoms in total. The van der Waals surface area contributed by atoms with Crippen LogP contribution in [-0.2, 0) is 11.3 Å². The van der Waals surface area contributed by atoms with Gasteiger partial charge in [-0.05, 0) is 47.3 Å². The Bertz CT molecular complexity index is 391. The fourth-order valence-corrected chi connectivity index (χ4v) is 2.53. The Morgan fingerprint density at radius 1 is 1.53 bits per heavy atom. The summed E-state index contributed by atoms with van der Waals surface area (Å²) < 4.78 is 19.5. The molecule has 0 aromatic heterocycles. The quantitative estimate of drug-likeness (QED) is 0.922. The summed E-state index contributed by atoms with van der Waals surface area (Å²) in [6.07, 6.45) is 2.21. The molecular weight excluding hydrogens is 285 g/mol. The van der Waals surface area contributed by atoms with Crippen LogP contribution in [0.15, 0.2) is 22.7 Å². The summed E-state index contributed by atoms with van der Waals surface area (Å²) in [7, 11) is 0. The molecule has 17 heavy (non-hydrogen) atoms. The lowest BCUT2D eigenvalue weighted by Crippen LogP contribution is -2.36. The molecule has 0 spiro atoms. The van der Waals surface area contributed by atoms with Crippen LogP contribution >= 0.6 is 15.9 Å². The minimum Gasteiger partial charge on any atom is -0.374 e. The molecule has 4 heteroatoms. The van der Waals surface area contributed by atoms with E-state index in [9.17, 15) is 4.39 Å². The van der Waals surface area contributed by atoms with Gasteiger partial charge in [-0.1, -0.05) is 12.1 Å². The van der Waals surface area contributed by atoms with Crippen LogP contribution in [0.4, 0.5) is 4.39 Å². The van der Waals surface area contributed by atoms with E-state index in [1.165, 1.54) is 6.07 Å². The van der Waals surface area contributed by atoms with Gasteiger partial charge in [-0.2, -0.15) is 0 Å². The number of benzene rings is 1. The largest absolute Gasteiger partial charge is 0.374 e. The minimum absolute atomic E-state index is 0.0558. The highest BCUT2D eigenvalue weighted by atomic mass is 79.9. The van der Waals surface area contributed by atoms with Crippen LogP contribution in [0.25, 0.3) is 0 Å². The summed E-state index contributed by atoms with van der Waals surface area (Å²) >= 11 is 3.26. The molecule has 1 saturated heterocycles. The lowest BCUT2D eigenvalue weighted by molar-refractivity contribution is 0.0206. The number of rotatable bonds is 4. The molecule has 0 bridgehead atoms. The van der Waals surface area contributed by atoms with Crippen molar-refractivity contribution in [1.29, 1.82) is 0 Å². The third kappa shape index (κ3) is 3.27. The summed E-state index contributed by atoms with van der Waals surface area (Å²) in [5.74, 6) is -0.215. The van der Waals surface area contributed by atoms with E-state index in [-0.39, 0.29) is 11.4 Å². The number of hydrogen-bond donors (Lipinski definition) is 1. The molecule has 1 aliphatic heterocycles. The van der Waals surface area contributed by atoms with Crippen LogP contribution in [0.3, 0.4) is 0 Å². The second-order valence-electron chi connectivity index (χ2n) is 4.72. The van der Waals surface area contributed by atoms with Crippen LogP contribution in [-0.4, -0.2) is 18.8 Å². The van der Waals surface area contributed by atoms with Gasteiger partial charge in [-0.3, -0.25) is 0 Å². The van der Waals surface area contributed by atoms with Gasteiger partial charge in [0.15, 0.2) is 0 Å². The van der Waals surface area contributed by atoms with Gasteiger partial charge in [-0.25, -0.2) is 4.39 Å². The summed E-state index contributed by atoms with van der Waals surface area (Å²) in [5, 5.41) is 3.33. The molecule has 2 rings (SSSR count). The number of hydrogen-bond acceptors (Lipinski definition) is 2. The lowest BCUT2D eigenvalue weighted by Gasteiger charge is -2.23. The van der Waals surface area contributed by atoms with Crippen molar-refractivity contribution in [1.82, 2.24) is 5.32 Å². The summed E-state index contributed by atoms with van der Waals surface area (Å²) in [5.41, 5.74) is 0.881. The first-order valence-corrected chi connectivity index (χ1v) is 6.68. The van der Waals surface area contributed by atoms with Crippen LogP contribution in [0.2, 0.25) is 0 Å². The summed E-state index contributed by atoms with van der Waals surface area (Å²) in [6, 6.07) is 5.10. The molecule has 0 radical (unpaired) electrons. The van der Waals surface area contributed by atoms with Crippen molar-refractivity contribution in [2.24, 2.45) is 0 Å². The number of ether oxygens (including phenoxy) is 1. The maximum atomic E-state index is 13.3. The van der Waals surface area contributed by atoms with Crippen molar-refractivity contribution >= 4 is 15.9 Å². The van der Waals surface area contributed by atoms with Gasteiger partial charge in [0.25, 0.3) is 0 Å². The van der Waals surface area contributed by atoms with E-state index in [2.05, 4.69) is 28.2 Å². The zero-order chi connectivity index (χ0) is 12.3. The Hall–Kier alpha value is -0.450. The van der Waals surface area contributed by atoms with Gasteiger partial charge >= 0.3 is 0 Å². The van der Waals surface area contributed by atoms with Crippen molar-refractivity contribution in [3.05, 3.63) is 34.1 Å². The summed E-state index contributed by atoms with van der Waals surface area (Å²) in [6.45, 7) is 4.42. The molecule has 1 aliphatic rings. The predicted molar refractivity (Wildman–Crippen MR) is 69.4 cm³/mol. The smallest absolute Gasteiger partial charge is 0.137 e. The van der Waals surface area contributed by atoms with E-state index in [1.807, 2.05) is 6.07 Å². The SMILES string of the molecule is CC1(CNCc2cccc(F)c2Br)CCCO1. The maximum absolute atomic E-state index is 13.3. The standard InChI is InChI=1S/C13H17BrFNO/c1-13(6-3-7-17-13)9-16-8-10-4-2-5-11(15)12(10)14/h2,4-5,16H,3,6-9H2,1H3. The van der Waals surface area contributed by atoms with E-state index < -0.39 is 0 Å². The Balaban J connectivity index is 1.88. The van der Waals surface area contributed by atoms with Crippen molar-refractivity contribution in [3.8, 4) is 0 Å². The molecule has 1 fully saturated rings. The molecule has 1 unspecified atom stereocenters. The highest BCUT2D eigenvalue weighted by molar-refractivity contribution is 9.10. The highest BCUT2D eigenvalue weighted by Gasteiger charge is 2.28. The topological polar surface area (TPSA) is 21.3 Å². The lowest BCUT2D eigenvalue weighted by atomic mass is 10.0. The Morgan fingerprint density at radius 2 is 2.35 bits per heavy atom. The molecule has 1 heterocycles. The van der Waals surface area contributed by atoms with Crippen LogP contribution in [0.1, 0.15) is 25.3 Å². The van der Waals surface area contributed by atoms with Gasteiger partial charge in [0, 0.05) is 19.7 Å². The number of nitrogens with one attached hydrogen (secondary N) is 1. The van der Waals surface area contributed by atoms with E-state index in [0.29, 0.717) is 11.0 Å². The molecule has 1 aromatic carbocycles. The minimum atomic E-state index is -0.215. The van der Waals surface area contributed by atoms with E-state index in [1.54, 1.807) is 6.07 Å². The van der Waals surface area contributed by atoms with Gasteiger partial charge in [0.1, 0.15) is 5.82 Å². The van der Waals surface area contributed by atoms with Gasteiger partial charge < -0.3 is 10.1 Å². The van der Waals surface area contributed by atoms with E-state index in [4.69, 9.17) is 4.74 Å². The zero-order valence-corrected chi connectivity index (χ0v) is 11.5. The average molecular weight is 302 g/mol. The zero-order valence-electron chi connectivity index (χ0n) is 9.93. The normalized spacial score (nSPS) is 24.2. The average Bonchev–Trinajstić information content (AvgIpc) is 2.72. The second kappa shape index (κ2) is 5.46. The van der Waals surface area contributed by atoms with Crippen molar-refractivity contribution < 1.29 is 9.13 Å². The van der Waals surface area contributed by atoms with Gasteiger partial charge in [-0.15, -0.1) is 0 Å². The Kier molecular flexibility index (Phi) is 4.17. The molecule has 0 saturated carbocycles. The monoisotopic (exact) mass is 301 g/mol. The molecule has 94 valence electrons. The molecular formula is C13H17BrFNO. The first-order valence-electron chi connectivity index (χ1n) is 5.88. The van der Waals surface area contributed by atoms with Gasteiger partial charge in [0.2, 0.25) is 0 Å². The second-order valence-corrected chi connectivity index (χ2v) is 5.51. The molecule has 0 aliphatic carbocycles. The van der Waals surface area contributed by atoms with Crippen LogP contribution in [0.5, 0.6) is 0 Å². The predicted octanol–water partition coefficient (Wildman–Crippen LogP) is 3.25. The highest BCUT2D eigenvalue weighted by Crippen LogP contribution is 2.24. The Morgan fingerprint density at radius 3 is 3.06 bits per heavy atom. The van der Waals surface area contributed by atoms with Crippen LogP contribution in [0, 0.1) is 5.82 Å². The van der Waals surface area contributed by atoms with Crippen molar-refractivity contribution in [2.45, 2.75) is 31.9 Å². The molecule has 0 amide bonds. The number of halogens is 2. The van der Waals surface area contributed by atoms with E-state index >= 15 is 0 Å². The summed E-state index contributed by atoms with van der Waals surface area (Å²) in [4.78, 5) is 0.